The Balaban J connectivity index is 1.79. The summed E-state index contributed by atoms with van der Waals surface area (Å²) < 4.78 is 7.52. The normalized spacial score (nSPS) is 23.0. The van der Waals surface area contributed by atoms with Gasteiger partial charge in [0.25, 0.3) is 5.91 Å². The van der Waals surface area contributed by atoms with Crippen LogP contribution in [0.4, 0.5) is 5.69 Å². The van der Waals surface area contributed by atoms with Gasteiger partial charge in [-0.1, -0.05) is 19.8 Å². The molecule has 1 aromatic heterocycles. The van der Waals surface area contributed by atoms with Gasteiger partial charge in [-0.3, -0.25) is 9.48 Å². The second kappa shape index (κ2) is 10.0. The van der Waals surface area contributed by atoms with Crippen molar-refractivity contribution >= 4 is 11.6 Å². The minimum Gasteiger partial charge on any atom is -0.390 e. The summed E-state index contributed by atoms with van der Waals surface area (Å²) in [5, 5.41) is 18.5. The number of nitrogens with one attached hydrogen (secondary N) is 1. The van der Waals surface area contributed by atoms with E-state index in [1.165, 1.54) is 6.42 Å². The number of hydroxylamine groups is 2. The maximum atomic E-state index is 12.3. The van der Waals surface area contributed by atoms with Crippen molar-refractivity contribution in [1.82, 2.24) is 14.8 Å². The molecule has 148 valence electrons. The Labute approximate surface area is 155 Å². The summed E-state index contributed by atoms with van der Waals surface area (Å²) in [6.45, 7) is 4.69. The Bertz CT molecular complexity index is 565. The molecular weight excluding hydrogens is 336 g/mol. The lowest BCUT2D eigenvalue weighted by Gasteiger charge is -2.28. The molecular formula is C18H32N4O4. The number of ether oxygens (including phenoxy) is 1. The summed E-state index contributed by atoms with van der Waals surface area (Å²) in [7, 11) is 3.29. The van der Waals surface area contributed by atoms with Gasteiger partial charge in [0.05, 0.1) is 44.3 Å². The van der Waals surface area contributed by atoms with Gasteiger partial charge >= 0.3 is 0 Å². The maximum absolute atomic E-state index is 12.3. The van der Waals surface area contributed by atoms with Gasteiger partial charge in [0, 0.05) is 13.2 Å². The topological polar surface area (TPSA) is 88.9 Å². The van der Waals surface area contributed by atoms with E-state index >= 15 is 0 Å². The minimum atomic E-state index is -0.626. The van der Waals surface area contributed by atoms with Gasteiger partial charge in [0.2, 0.25) is 0 Å². The molecule has 0 aliphatic heterocycles. The lowest BCUT2D eigenvalue weighted by Crippen LogP contribution is -2.33. The Kier molecular flexibility index (Phi) is 8.02. The van der Waals surface area contributed by atoms with E-state index in [-0.39, 0.29) is 12.0 Å². The van der Waals surface area contributed by atoms with E-state index in [1.54, 1.807) is 43.2 Å². The predicted octanol–water partition coefficient (Wildman–Crippen LogP) is 1.66. The summed E-state index contributed by atoms with van der Waals surface area (Å²) in [6, 6.07) is 0. The number of aromatic nitrogens is 2. The largest absolute Gasteiger partial charge is 0.390 e. The molecule has 0 radical (unpaired) electrons. The van der Waals surface area contributed by atoms with Crippen molar-refractivity contribution in [3.05, 3.63) is 12.4 Å². The highest BCUT2D eigenvalue weighted by Gasteiger charge is 2.24. The van der Waals surface area contributed by atoms with E-state index in [2.05, 4.69) is 17.3 Å². The second-order valence-electron chi connectivity index (χ2n) is 7.26. The molecule has 2 N–H and O–H groups in total. The van der Waals surface area contributed by atoms with Crippen molar-refractivity contribution in [2.24, 2.45) is 5.92 Å². The first-order chi connectivity index (χ1) is 12.4. The molecule has 0 spiro atoms. The fraction of sp³-hybridized carbons (Fsp3) is 0.778. The molecule has 0 saturated heterocycles. The molecule has 0 bridgehead atoms. The van der Waals surface area contributed by atoms with E-state index in [4.69, 9.17) is 9.57 Å². The molecule has 1 amide bonds. The molecule has 1 aliphatic rings. The number of hydrogen-bond acceptors (Lipinski definition) is 6. The summed E-state index contributed by atoms with van der Waals surface area (Å²) in [4.78, 5) is 17.3. The van der Waals surface area contributed by atoms with Gasteiger partial charge in [-0.15, -0.1) is 0 Å². The van der Waals surface area contributed by atoms with Gasteiger partial charge in [-0.05, 0) is 25.7 Å². The average molecular weight is 368 g/mol. The van der Waals surface area contributed by atoms with E-state index in [0.29, 0.717) is 24.7 Å². The Morgan fingerprint density at radius 2 is 2.31 bits per heavy atom. The number of hydrogen-bond donors (Lipinski definition) is 2. The molecule has 1 saturated carbocycles. The number of aliphatic hydroxyl groups excluding tert-OH is 1. The standard InChI is InChI=1S/C18H32N4O4/c1-13-6-5-7-17(8-13)26-14(2)18(24)20-15-9-19-22(10-15)12-16(23)11-21(3)25-4/h9-10,13-14,16-17,23H,5-8,11-12H2,1-4H3,(H,20,24)/t13-,14+,16+,17-/m1/s1. The number of likely N-dealkylation sites (N-methyl/N-ethyl adjacent to an activating group) is 1. The van der Waals surface area contributed by atoms with Crippen LogP contribution in [0.3, 0.4) is 0 Å². The SMILES string of the molecule is CON(C)C[C@H](O)Cn1cc(NC(=O)[C@H](C)O[C@@H]2CCC[C@@H](C)C2)cn1. The van der Waals surface area contributed by atoms with Crippen LogP contribution in [0.1, 0.15) is 39.5 Å². The van der Waals surface area contributed by atoms with Crippen LogP contribution in [0, 0.1) is 5.92 Å². The number of nitrogens with zero attached hydrogens (tertiary/aromatic N) is 3. The lowest BCUT2D eigenvalue weighted by atomic mass is 9.88. The quantitative estimate of drug-likeness (QED) is 0.645. The van der Waals surface area contributed by atoms with Crippen LogP contribution in [0.2, 0.25) is 0 Å². The van der Waals surface area contributed by atoms with Crippen LogP contribution in [0.5, 0.6) is 0 Å². The zero-order valence-electron chi connectivity index (χ0n) is 16.2. The van der Waals surface area contributed by atoms with Gasteiger partial charge < -0.3 is 20.0 Å². The van der Waals surface area contributed by atoms with Crippen molar-refractivity contribution in [3.63, 3.8) is 0 Å². The highest BCUT2D eigenvalue weighted by molar-refractivity contribution is 5.93. The number of anilines is 1. The number of aliphatic hydroxyl groups is 1. The van der Waals surface area contributed by atoms with E-state index < -0.39 is 12.2 Å². The van der Waals surface area contributed by atoms with E-state index in [1.807, 2.05) is 0 Å². The molecule has 1 aromatic rings. The minimum absolute atomic E-state index is 0.162. The average Bonchev–Trinajstić information content (AvgIpc) is 3.01. The van der Waals surface area contributed by atoms with Crippen molar-refractivity contribution in [1.29, 1.82) is 0 Å². The number of carbonyl (C=O) groups is 1. The molecule has 8 heteroatoms. The fourth-order valence-electron chi connectivity index (χ4n) is 3.27. The maximum Gasteiger partial charge on any atom is 0.253 e. The monoisotopic (exact) mass is 368 g/mol. The first kappa shape index (κ1) is 20.8. The summed E-state index contributed by atoms with van der Waals surface area (Å²) in [5.41, 5.74) is 0.592. The predicted molar refractivity (Wildman–Crippen MR) is 98.5 cm³/mol. The Morgan fingerprint density at radius 1 is 1.54 bits per heavy atom. The molecule has 0 aromatic carbocycles. The molecule has 1 heterocycles. The third-order valence-corrected chi connectivity index (χ3v) is 4.73. The van der Waals surface area contributed by atoms with Crippen LogP contribution < -0.4 is 5.32 Å². The van der Waals surface area contributed by atoms with Crippen LogP contribution in [-0.2, 0) is 20.9 Å². The van der Waals surface area contributed by atoms with Crippen LogP contribution in [0.25, 0.3) is 0 Å². The summed E-state index contributed by atoms with van der Waals surface area (Å²) in [5.74, 6) is 0.480. The first-order valence-corrected chi connectivity index (χ1v) is 9.29. The summed E-state index contributed by atoms with van der Waals surface area (Å²) in [6.07, 6.45) is 6.74. The third kappa shape index (κ3) is 6.68. The molecule has 2 rings (SSSR count). The molecule has 4 atom stereocenters. The zero-order valence-corrected chi connectivity index (χ0v) is 16.2. The molecule has 26 heavy (non-hydrogen) atoms. The smallest absolute Gasteiger partial charge is 0.253 e. The molecule has 0 unspecified atom stereocenters. The van der Waals surface area contributed by atoms with Crippen LogP contribution in [0.15, 0.2) is 12.4 Å². The first-order valence-electron chi connectivity index (χ1n) is 9.29. The highest BCUT2D eigenvalue weighted by atomic mass is 16.7. The fourth-order valence-corrected chi connectivity index (χ4v) is 3.27. The lowest BCUT2D eigenvalue weighted by molar-refractivity contribution is -0.131. The van der Waals surface area contributed by atoms with Gasteiger partial charge in [0.1, 0.15) is 6.10 Å². The van der Waals surface area contributed by atoms with Crippen LogP contribution >= 0.6 is 0 Å². The van der Waals surface area contributed by atoms with E-state index in [9.17, 15) is 9.90 Å². The second-order valence-corrected chi connectivity index (χ2v) is 7.26. The molecule has 1 aliphatic carbocycles. The number of rotatable bonds is 9. The van der Waals surface area contributed by atoms with Crippen molar-refractivity contribution in [3.8, 4) is 0 Å². The Hall–Kier alpha value is -1.48. The van der Waals surface area contributed by atoms with Crippen LogP contribution in [-0.4, -0.2) is 64.9 Å². The van der Waals surface area contributed by atoms with E-state index in [0.717, 1.165) is 19.3 Å². The van der Waals surface area contributed by atoms with Gasteiger partial charge in [-0.25, -0.2) is 0 Å². The van der Waals surface area contributed by atoms with Gasteiger partial charge in [0.15, 0.2) is 0 Å². The van der Waals surface area contributed by atoms with Crippen molar-refractivity contribution in [2.75, 3.05) is 26.0 Å². The number of carbonyl (C=O) groups excluding carboxylic acids is 1. The zero-order chi connectivity index (χ0) is 19.1. The molecule has 8 nitrogen and oxygen atoms in total. The third-order valence-electron chi connectivity index (χ3n) is 4.73. The van der Waals surface area contributed by atoms with Gasteiger partial charge in [-0.2, -0.15) is 10.2 Å². The van der Waals surface area contributed by atoms with Crippen molar-refractivity contribution < 1.29 is 19.5 Å². The Morgan fingerprint density at radius 3 is 3.00 bits per heavy atom. The molecule has 1 fully saturated rings. The summed E-state index contributed by atoms with van der Waals surface area (Å²) >= 11 is 0. The highest BCUT2D eigenvalue weighted by Crippen LogP contribution is 2.26. The van der Waals surface area contributed by atoms with Crippen molar-refractivity contribution in [2.45, 2.75) is 64.4 Å². The number of amides is 1.